The van der Waals surface area contributed by atoms with Gasteiger partial charge in [0.1, 0.15) is 19.7 Å². The third-order valence-corrected chi connectivity index (χ3v) is 2.34. The van der Waals surface area contributed by atoms with Crippen molar-refractivity contribution in [2.75, 3.05) is 13.1 Å². The molecule has 1 fully saturated rings. The summed E-state index contributed by atoms with van der Waals surface area (Å²) >= 11 is 0. The quantitative estimate of drug-likeness (QED) is 0.622. The Balaban J connectivity index is 1.97. The summed E-state index contributed by atoms with van der Waals surface area (Å²) in [6.07, 6.45) is 1.48. The van der Waals surface area contributed by atoms with Crippen molar-refractivity contribution in [3.8, 4) is 5.75 Å². The highest BCUT2D eigenvalue weighted by Gasteiger charge is 2.15. The van der Waals surface area contributed by atoms with Gasteiger partial charge < -0.3 is 10.1 Å². The number of hydrogen-bond donors (Lipinski definition) is 1. The minimum atomic E-state index is 0.364. The Bertz CT molecular complexity index is 267. The molecule has 2 nitrogen and oxygen atoms in total. The Labute approximate surface area is 79.7 Å². The van der Waals surface area contributed by atoms with Gasteiger partial charge in [-0.05, 0) is 25.1 Å². The predicted octanol–water partition coefficient (Wildman–Crippen LogP) is -0.314. The van der Waals surface area contributed by atoms with E-state index in [2.05, 4.69) is 25.3 Å². The summed E-state index contributed by atoms with van der Waals surface area (Å²) in [7, 11) is 2.08. The van der Waals surface area contributed by atoms with E-state index >= 15 is 0 Å². The summed E-state index contributed by atoms with van der Waals surface area (Å²) in [5.41, 5.74) is 1.27. The molecule has 1 aliphatic heterocycles. The summed E-state index contributed by atoms with van der Waals surface area (Å²) in [6.45, 7) is 2.06. The van der Waals surface area contributed by atoms with Crippen LogP contribution in [0.4, 0.5) is 0 Å². The Kier molecular flexibility index (Phi) is 2.55. The maximum Gasteiger partial charge on any atom is 0.139 e. The lowest BCUT2D eigenvalue weighted by atomic mass is 9.97. The second-order valence-corrected chi connectivity index (χ2v) is 3.55. The van der Waals surface area contributed by atoms with Crippen LogP contribution in [0.2, 0.25) is 0 Å². The van der Waals surface area contributed by atoms with E-state index in [0.717, 1.165) is 25.3 Å². The first kappa shape index (κ1) is 8.63. The second kappa shape index (κ2) is 3.84. The minimum Gasteiger partial charge on any atom is -0.489 e. The molecule has 1 saturated heterocycles. The van der Waals surface area contributed by atoms with Crippen LogP contribution in [0.1, 0.15) is 6.42 Å². The first-order chi connectivity index (χ1) is 6.34. The van der Waals surface area contributed by atoms with Gasteiger partial charge in [-0.25, -0.2) is 0 Å². The average Bonchev–Trinajstić information content (AvgIpc) is 2.62. The van der Waals surface area contributed by atoms with E-state index in [1.165, 1.54) is 5.46 Å². The SMILES string of the molecule is Bc1ccc(OC2CCNC2)cc1. The van der Waals surface area contributed by atoms with Crippen LogP contribution in [-0.2, 0) is 0 Å². The van der Waals surface area contributed by atoms with Crippen LogP contribution in [0, 0.1) is 0 Å². The topological polar surface area (TPSA) is 21.3 Å². The van der Waals surface area contributed by atoms with Gasteiger partial charge in [0.25, 0.3) is 0 Å². The largest absolute Gasteiger partial charge is 0.489 e. The molecule has 13 heavy (non-hydrogen) atoms. The van der Waals surface area contributed by atoms with Crippen molar-refractivity contribution in [2.24, 2.45) is 0 Å². The summed E-state index contributed by atoms with van der Waals surface area (Å²) in [6, 6.07) is 8.23. The molecule has 0 aliphatic carbocycles. The smallest absolute Gasteiger partial charge is 0.139 e. The van der Waals surface area contributed by atoms with Crippen molar-refractivity contribution in [3.63, 3.8) is 0 Å². The molecule has 1 atom stereocenters. The van der Waals surface area contributed by atoms with E-state index < -0.39 is 0 Å². The third-order valence-electron chi connectivity index (χ3n) is 2.34. The predicted molar refractivity (Wildman–Crippen MR) is 56.5 cm³/mol. The van der Waals surface area contributed by atoms with Gasteiger partial charge >= 0.3 is 0 Å². The maximum atomic E-state index is 5.77. The van der Waals surface area contributed by atoms with Crippen LogP contribution in [-0.4, -0.2) is 27.0 Å². The lowest BCUT2D eigenvalue weighted by molar-refractivity contribution is 0.223. The number of rotatable bonds is 2. The van der Waals surface area contributed by atoms with E-state index in [0.29, 0.717) is 6.10 Å². The fourth-order valence-corrected chi connectivity index (χ4v) is 1.54. The number of benzene rings is 1. The van der Waals surface area contributed by atoms with Crippen molar-refractivity contribution in [1.29, 1.82) is 0 Å². The molecule has 0 amide bonds. The number of ether oxygens (including phenoxy) is 1. The van der Waals surface area contributed by atoms with Crippen molar-refractivity contribution < 1.29 is 4.74 Å². The van der Waals surface area contributed by atoms with Gasteiger partial charge in [0, 0.05) is 6.54 Å². The van der Waals surface area contributed by atoms with Crippen LogP contribution >= 0.6 is 0 Å². The van der Waals surface area contributed by atoms with Crippen LogP contribution < -0.4 is 15.5 Å². The highest BCUT2D eigenvalue weighted by molar-refractivity contribution is 6.32. The van der Waals surface area contributed by atoms with Gasteiger partial charge in [0.05, 0.1) is 0 Å². The number of hydrogen-bond acceptors (Lipinski definition) is 2. The molecule has 0 radical (unpaired) electrons. The average molecular weight is 175 g/mol. The van der Waals surface area contributed by atoms with Gasteiger partial charge in [-0.15, -0.1) is 0 Å². The molecular weight excluding hydrogens is 161 g/mol. The molecule has 3 heteroatoms. The molecule has 1 aromatic carbocycles. The second-order valence-electron chi connectivity index (χ2n) is 3.55. The monoisotopic (exact) mass is 175 g/mol. The van der Waals surface area contributed by atoms with Gasteiger partial charge in [0.15, 0.2) is 0 Å². The molecule has 68 valence electrons. The summed E-state index contributed by atoms with van der Waals surface area (Å²) in [4.78, 5) is 0. The van der Waals surface area contributed by atoms with Crippen molar-refractivity contribution in [2.45, 2.75) is 12.5 Å². The zero-order valence-electron chi connectivity index (χ0n) is 7.92. The molecule has 1 aliphatic rings. The highest BCUT2D eigenvalue weighted by atomic mass is 16.5. The van der Waals surface area contributed by atoms with Crippen LogP contribution in [0.15, 0.2) is 24.3 Å². The van der Waals surface area contributed by atoms with E-state index in [1.807, 2.05) is 12.1 Å². The Morgan fingerprint density at radius 2 is 2.08 bits per heavy atom. The molecule has 1 heterocycles. The van der Waals surface area contributed by atoms with Gasteiger partial charge in [-0.2, -0.15) is 0 Å². The summed E-state index contributed by atoms with van der Waals surface area (Å²) in [5.74, 6) is 0.985. The molecule has 1 N–H and O–H groups in total. The van der Waals surface area contributed by atoms with E-state index in [9.17, 15) is 0 Å². The third kappa shape index (κ3) is 2.25. The van der Waals surface area contributed by atoms with Crippen LogP contribution in [0.5, 0.6) is 5.75 Å². The van der Waals surface area contributed by atoms with Crippen molar-refractivity contribution in [3.05, 3.63) is 24.3 Å². The first-order valence-electron chi connectivity index (χ1n) is 4.78. The lowest BCUT2D eigenvalue weighted by Gasteiger charge is -2.12. The summed E-state index contributed by atoms with van der Waals surface area (Å²) in [5, 5.41) is 3.28. The van der Waals surface area contributed by atoms with Gasteiger partial charge in [0.2, 0.25) is 0 Å². The van der Waals surface area contributed by atoms with E-state index in [-0.39, 0.29) is 0 Å². The molecule has 2 rings (SSSR count). The van der Waals surface area contributed by atoms with Crippen molar-refractivity contribution >= 4 is 13.3 Å². The maximum absolute atomic E-state index is 5.77. The highest BCUT2D eigenvalue weighted by Crippen LogP contribution is 2.12. The fraction of sp³-hybridized carbons (Fsp3) is 0.400. The summed E-state index contributed by atoms with van der Waals surface area (Å²) < 4.78 is 5.77. The van der Waals surface area contributed by atoms with Crippen LogP contribution in [0.25, 0.3) is 0 Å². The number of nitrogens with one attached hydrogen (secondary N) is 1. The fourth-order valence-electron chi connectivity index (χ4n) is 1.54. The molecular formula is C10H14BNO. The molecule has 1 aromatic rings. The normalized spacial score (nSPS) is 21.7. The lowest BCUT2D eigenvalue weighted by Crippen LogP contribution is -2.19. The molecule has 0 bridgehead atoms. The molecule has 0 spiro atoms. The Morgan fingerprint density at radius 1 is 1.31 bits per heavy atom. The zero-order chi connectivity index (χ0) is 9.10. The van der Waals surface area contributed by atoms with Gasteiger partial charge in [-0.1, -0.05) is 17.6 Å². The first-order valence-corrected chi connectivity index (χ1v) is 4.78. The van der Waals surface area contributed by atoms with E-state index in [1.54, 1.807) is 0 Å². The molecule has 1 unspecified atom stereocenters. The Morgan fingerprint density at radius 3 is 2.69 bits per heavy atom. The van der Waals surface area contributed by atoms with Crippen molar-refractivity contribution in [1.82, 2.24) is 5.32 Å². The zero-order valence-corrected chi connectivity index (χ0v) is 7.92. The molecule has 0 aromatic heterocycles. The minimum absolute atomic E-state index is 0.364. The molecule has 0 saturated carbocycles. The van der Waals surface area contributed by atoms with Crippen LogP contribution in [0.3, 0.4) is 0 Å². The Hall–Kier alpha value is -0.955. The van der Waals surface area contributed by atoms with Gasteiger partial charge in [-0.3, -0.25) is 0 Å². The standard InChI is InChI=1S/C10H14BNO/c11-8-1-3-9(4-2-8)13-10-5-6-12-7-10/h1-4,10,12H,5-7,11H2. The van der Waals surface area contributed by atoms with E-state index in [4.69, 9.17) is 4.74 Å².